The number of carbonyl (C=O) groups is 2. The second-order valence-electron chi connectivity index (χ2n) is 3.83. The first-order valence-electron chi connectivity index (χ1n) is 5.55. The van der Waals surface area contributed by atoms with Crippen LogP contribution in [0.4, 0.5) is 0 Å². The van der Waals surface area contributed by atoms with Gasteiger partial charge in [-0.25, -0.2) is 0 Å². The predicted molar refractivity (Wildman–Crippen MR) is 68.6 cm³/mol. The lowest BCUT2D eigenvalue weighted by atomic mass is 10.0. The lowest BCUT2D eigenvalue weighted by molar-refractivity contribution is -0.131. The van der Waals surface area contributed by atoms with Crippen LogP contribution in [0.5, 0.6) is 5.75 Å². The normalized spacial score (nSPS) is 10.1. The average Bonchev–Trinajstić information content (AvgIpc) is 2.37. The smallest absolute Gasteiger partial charge is 0.308 e. The number of nitrogens with one attached hydrogen (secondary N) is 1. The lowest BCUT2D eigenvalue weighted by Gasteiger charge is -2.10. The molecule has 0 fully saturated rings. The molecule has 0 saturated carbocycles. The molecule has 0 aliphatic heterocycles. The molecule has 2 aromatic rings. The van der Waals surface area contributed by atoms with Crippen LogP contribution < -0.4 is 10.1 Å². The number of ether oxygens (including phenoxy) is 1. The van der Waals surface area contributed by atoms with Crippen molar-refractivity contribution in [2.45, 2.75) is 6.92 Å². The third-order valence-corrected chi connectivity index (χ3v) is 2.59. The average molecular weight is 243 g/mol. The second kappa shape index (κ2) is 4.87. The van der Waals surface area contributed by atoms with E-state index in [1.165, 1.54) is 6.92 Å². The number of rotatable bonds is 2. The third-order valence-electron chi connectivity index (χ3n) is 2.59. The largest absolute Gasteiger partial charge is 0.426 e. The van der Waals surface area contributed by atoms with Crippen LogP contribution >= 0.6 is 0 Å². The van der Waals surface area contributed by atoms with Gasteiger partial charge in [0.2, 0.25) is 0 Å². The van der Waals surface area contributed by atoms with Crippen LogP contribution in [0.15, 0.2) is 36.4 Å². The first-order valence-corrected chi connectivity index (χ1v) is 5.55. The van der Waals surface area contributed by atoms with Gasteiger partial charge in [-0.15, -0.1) is 0 Å². The molecule has 0 radical (unpaired) electrons. The number of amides is 1. The molecule has 1 N–H and O–H groups in total. The molecule has 0 aliphatic rings. The Bertz CT molecular complexity index is 614. The molecular formula is C14H13NO3. The number of hydrogen-bond donors (Lipinski definition) is 1. The van der Waals surface area contributed by atoms with E-state index < -0.39 is 5.97 Å². The van der Waals surface area contributed by atoms with E-state index in [1.807, 2.05) is 12.1 Å². The summed E-state index contributed by atoms with van der Waals surface area (Å²) < 4.78 is 5.14. The van der Waals surface area contributed by atoms with Gasteiger partial charge in [-0.3, -0.25) is 9.59 Å². The highest BCUT2D eigenvalue weighted by molar-refractivity contribution is 6.09. The molecule has 92 valence electrons. The summed E-state index contributed by atoms with van der Waals surface area (Å²) in [5.74, 6) is -0.214. The van der Waals surface area contributed by atoms with Gasteiger partial charge in [0.1, 0.15) is 5.75 Å². The zero-order chi connectivity index (χ0) is 13.1. The highest BCUT2D eigenvalue weighted by Gasteiger charge is 2.13. The summed E-state index contributed by atoms with van der Waals surface area (Å²) in [5.41, 5.74) is 0.492. The first kappa shape index (κ1) is 12.1. The quantitative estimate of drug-likeness (QED) is 0.649. The lowest BCUT2D eigenvalue weighted by Crippen LogP contribution is -2.18. The van der Waals surface area contributed by atoms with E-state index in [-0.39, 0.29) is 5.91 Å². The van der Waals surface area contributed by atoms with E-state index in [9.17, 15) is 9.59 Å². The van der Waals surface area contributed by atoms with Crippen LogP contribution in [0.3, 0.4) is 0 Å². The summed E-state index contributed by atoms with van der Waals surface area (Å²) in [6.07, 6.45) is 0. The molecule has 4 heteroatoms. The van der Waals surface area contributed by atoms with Crippen LogP contribution in [0.25, 0.3) is 10.8 Å². The molecule has 4 nitrogen and oxygen atoms in total. The van der Waals surface area contributed by atoms with E-state index >= 15 is 0 Å². The zero-order valence-electron chi connectivity index (χ0n) is 10.2. The molecule has 0 heterocycles. The minimum absolute atomic E-state index is 0.208. The maximum atomic E-state index is 11.8. The Balaban J connectivity index is 2.71. The van der Waals surface area contributed by atoms with E-state index in [4.69, 9.17) is 4.74 Å². The van der Waals surface area contributed by atoms with Crippen molar-refractivity contribution in [3.05, 3.63) is 42.0 Å². The fraction of sp³-hybridized carbons (Fsp3) is 0.143. The van der Waals surface area contributed by atoms with E-state index in [2.05, 4.69) is 5.32 Å². The molecule has 0 aromatic heterocycles. The molecule has 0 saturated heterocycles. The van der Waals surface area contributed by atoms with Gasteiger partial charge in [0.15, 0.2) is 0 Å². The number of fused-ring (bicyclic) bond motifs is 1. The Morgan fingerprint density at radius 1 is 1.11 bits per heavy atom. The highest BCUT2D eigenvalue weighted by Crippen LogP contribution is 2.29. The molecule has 0 atom stereocenters. The summed E-state index contributed by atoms with van der Waals surface area (Å²) in [5, 5.41) is 4.08. The van der Waals surface area contributed by atoms with Gasteiger partial charge in [-0.2, -0.15) is 0 Å². The fourth-order valence-electron chi connectivity index (χ4n) is 1.87. The summed E-state index contributed by atoms with van der Waals surface area (Å²) in [6, 6.07) is 10.7. The molecule has 18 heavy (non-hydrogen) atoms. The standard InChI is InChI=1S/C14H13NO3/c1-9(16)18-12-8-4-6-10-5-3-7-11(13(10)12)14(17)15-2/h3-8H,1-2H3,(H,15,17). The number of benzene rings is 2. The fourth-order valence-corrected chi connectivity index (χ4v) is 1.87. The monoisotopic (exact) mass is 243 g/mol. The van der Waals surface area contributed by atoms with Crippen LogP contribution in [0, 0.1) is 0 Å². The van der Waals surface area contributed by atoms with E-state index in [0.29, 0.717) is 16.7 Å². The second-order valence-corrected chi connectivity index (χ2v) is 3.83. The Morgan fingerprint density at radius 2 is 1.78 bits per heavy atom. The topological polar surface area (TPSA) is 55.4 Å². The summed E-state index contributed by atoms with van der Waals surface area (Å²) in [4.78, 5) is 22.9. The van der Waals surface area contributed by atoms with E-state index in [1.54, 1.807) is 31.3 Å². The van der Waals surface area contributed by atoms with Crippen molar-refractivity contribution >= 4 is 22.6 Å². The minimum atomic E-state index is -0.408. The number of carbonyl (C=O) groups excluding carboxylic acids is 2. The van der Waals surface area contributed by atoms with Gasteiger partial charge in [-0.1, -0.05) is 24.3 Å². The van der Waals surface area contributed by atoms with Gasteiger partial charge in [0.25, 0.3) is 5.91 Å². The van der Waals surface area contributed by atoms with Crippen molar-refractivity contribution in [1.82, 2.24) is 5.32 Å². The predicted octanol–water partition coefficient (Wildman–Crippen LogP) is 2.12. The molecule has 0 aliphatic carbocycles. The van der Waals surface area contributed by atoms with E-state index in [0.717, 1.165) is 5.39 Å². The Hall–Kier alpha value is -2.36. The van der Waals surface area contributed by atoms with Crippen molar-refractivity contribution in [1.29, 1.82) is 0 Å². The zero-order valence-corrected chi connectivity index (χ0v) is 10.2. The SMILES string of the molecule is CNC(=O)c1cccc2cccc(OC(C)=O)c12. The molecule has 0 unspecified atom stereocenters. The van der Waals surface area contributed by atoms with Crippen molar-refractivity contribution in [2.24, 2.45) is 0 Å². The van der Waals surface area contributed by atoms with Crippen molar-refractivity contribution in [3.63, 3.8) is 0 Å². The van der Waals surface area contributed by atoms with Crippen molar-refractivity contribution in [2.75, 3.05) is 7.05 Å². The molecular weight excluding hydrogens is 230 g/mol. The molecule has 0 spiro atoms. The van der Waals surface area contributed by atoms with Gasteiger partial charge < -0.3 is 10.1 Å². The van der Waals surface area contributed by atoms with Crippen LogP contribution in [0.1, 0.15) is 17.3 Å². The van der Waals surface area contributed by atoms with Crippen LogP contribution in [-0.2, 0) is 4.79 Å². The maximum Gasteiger partial charge on any atom is 0.308 e. The first-order chi connectivity index (χ1) is 8.63. The summed E-state index contributed by atoms with van der Waals surface area (Å²) in [7, 11) is 1.57. The molecule has 1 amide bonds. The number of hydrogen-bond acceptors (Lipinski definition) is 3. The minimum Gasteiger partial charge on any atom is -0.426 e. The third kappa shape index (κ3) is 2.18. The number of esters is 1. The summed E-state index contributed by atoms with van der Waals surface area (Å²) >= 11 is 0. The van der Waals surface area contributed by atoms with Crippen molar-refractivity contribution < 1.29 is 14.3 Å². The highest BCUT2D eigenvalue weighted by atomic mass is 16.5. The van der Waals surface area contributed by atoms with Gasteiger partial charge in [-0.05, 0) is 17.5 Å². The summed E-state index contributed by atoms with van der Waals surface area (Å²) in [6.45, 7) is 1.33. The van der Waals surface area contributed by atoms with Gasteiger partial charge in [0, 0.05) is 19.4 Å². The molecule has 2 rings (SSSR count). The van der Waals surface area contributed by atoms with Gasteiger partial charge in [0.05, 0.1) is 5.56 Å². The Labute approximate surface area is 105 Å². The van der Waals surface area contributed by atoms with Crippen LogP contribution in [-0.4, -0.2) is 18.9 Å². The van der Waals surface area contributed by atoms with Crippen LogP contribution in [0.2, 0.25) is 0 Å². The maximum absolute atomic E-state index is 11.8. The van der Waals surface area contributed by atoms with Gasteiger partial charge >= 0.3 is 5.97 Å². The Morgan fingerprint density at radius 3 is 2.39 bits per heavy atom. The Kier molecular flexibility index (Phi) is 3.28. The molecule has 2 aromatic carbocycles. The van der Waals surface area contributed by atoms with Crippen molar-refractivity contribution in [3.8, 4) is 5.75 Å². The molecule has 0 bridgehead atoms.